The summed E-state index contributed by atoms with van der Waals surface area (Å²) >= 11 is 0. The van der Waals surface area contributed by atoms with E-state index in [1.807, 2.05) is 54.4 Å². The number of methoxy groups -OCH3 is 1. The molecule has 154 valence electrons. The smallest absolute Gasteiger partial charge is 0.255 e. The van der Waals surface area contributed by atoms with Crippen LogP contribution in [0.25, 0.3) is 0 Å². The molecule has 6 nitrogen and oxygen atoms in total. The molecule has 2 amide bonds. The molecule has 0 saturated heterocycles. The Morgan fingerprint density at radius 3 is 2.23 bits per heavy atom. The fraction of sp³-hybridized carbons (Fsp3) is 0.167. The van der Waals surface area contributed by atoms with Crippen molar-refractivity contribution in [2.24, 2.45) is 0 Å². The van der Waals surface area contributed by atoms with E-state index in [1.54, 1.807) is 43.5 Å². The number of hydrogen-bond donors (Lipinski definition) is 2. The molecule has 0 spiro atoms. The summed E-state index contributed by atoms with van der Waals surface area (Å²) < 4.78 is 5.25. The number of amides is 2. The van der Waals surface area contributed by atoms with E-state index in [0.717, 1.165) is 5.56 Å². The SMILES string of the molecule is COc1ccccc1NC(=O)c1ccc(NC(=O)CN(C)Cc2ccccc2)cc1. The van der Waals surface area contributed by atoms with E-state index in [0.29, 0.717) is 29.2 Å². The van der Waals surface area contributed by atoms with Gasteiger partial charge in [-0.3, -0.25) is 14.5 Å². The topological polar surface area (TPSA) is 70.7 Å². The number of nitrogens with one attached hydrogen (secondary N) is 2. The van der Waals surface area contributed by atoms with Crippen molar-refractivity contribution < 1.29 is 14.3 Å². The molecule has 0 unspecified atom stereocenters. The molecule has 0 radical (unpaired) electrons. The van der Waals surface area contributed by atoms with Crippen LogP contribution in [-0.2, 0) is 11.3 Å². The molecule has 6 heteroatoms. The molecule has 0 aromatic heterocycles. The fourth-order valence-corrected chi connectivity index (χ4v) is 3.04. The molecule has 3 aromatic rings. The first-order chi connectivity index (χ1) is 14.5. The summed E-state index contributed by atoms with van der Waals surface area (Å²) in [6, 6.07) is 24.0. The van der Waals surface area contributed by atoms with Crippen LogP contribution in [0.15, 0.2) is 78.9 Å². The largest absolute Gasteiger partial charge is 0.495 e. The highest BCUT2D eigenvalue weighted by Gasteiger charge is 2.11. The lowest BCUT2D eigenvalue weighted by molar-refractivity contribution is -0.117. The molecule has 0 saturated carbocycles. The van der Waals surface area contributed by atoms with Gasteiger partial charge in [0.2, 0.25) is 5.91 Å². The summed E-state index contributed by atoms with van der Waals surface area (Å²) in [6.07, 6.45) is 0. The van der Waals surface area contributed by atoms with Gasteiger partial charge in [0.25, 0.3) is 5.91 Å². The van der Waals surface area contributed by atoms with Crippen molar-refractivity contribution in [2.75, 3.05) is 31.3 Å². The van der Waals surface area contributed by atoms with Crippen molar-refractivity contribution in [3.05, 3.63) is 90.0 Å². The molecular weight excluding hydrogens is 378 g/mol. The molecule has 0 aliphatic carbocycles. The van der Waals surface area contributed by atoms with Gasteiger partial charge in [0.15, 0.2) is 0 Å². The van der Waals surface area contributed by atoms with Crippen LogP contribution in [0.5, 0.6) is 5.75 Å². The standard InChI is InChI=1S/C24H25N3O3/c1-27(16-18-8-4-3-5-9-18)17-23(28)25-20-14-12-19(13-15-20)24(29)26-21-10-6-7-11-22(21)30-2/h3-15H,16-17H2,1-2H3,(H,25,28)(H,26,29). The minimum Gasteiger partial charge on any atom is -0.495 e. The van der Waals surface area contributed by atoms with Gasteiger partial charge in [-0.1, -0.05) is 42.5 Å². The third kappa shape index (κ3) is 5.93. The lowest BCUT2D eigenvalue weighted by Gasteiger charge is -2.16. The van der Waals surface area contributed by atoms with Crippen LogP contribution >= 0.6 is 0 Å². The number of nitrogens with zero attached hydrogens (tertiary/aromatic N) is 1. The number of ether oxygens (including phenoxy) is 1. The van der Waals surface area contributed by atoms with E-state index >= 15 is 0 Å². The van der Waals surface area contributed by atoms with Crippen LogP contribution in [0.1, 0.15) is 15.9 Å². The van der Waals surface area contributed by atoms with E-state index in [9.17, 15) is 9.59 Å². The van der Waals surface area contributed by atoms with Crippen LogP contribution in [0.3, 0.4) is 0 Å². The highest BCUT2D eigenvalue weighted by atomic mass is 16.5. The lowest BCUT2D eigenvalue weighted by atomic mass is 10.2. The number of anilines is 2. The Balaban J connectivity index is 1.53. The summed E-state index contributed by atoms with van der Waals surface area (Å²) in [5.41, 5.74) is 2.88. The lowest BCUT2D eigenvalue weighted by Crippen LogP contribution is -2.29. The van der Waals surface area contributed by atoms with Gasteiger partial charge in [0, 0.05) is 17.8 Å². The van der Waals surface area contributed by atoms with E-state index < -0.39 is 0 Å². The van der Waals surface area contributed by atoms with Gasteiger partial charge in [0.1, 0.15) is 5.75 Å². The Morgan fingerprint density at radius 1 is 0.867 bits per heavy atom. The maximum atomic E-state index is 12.5. The number of rotatable bonds is 8. The van der Waals surface area contributed by atoms with Crippen LogP contribution in [0, 0.1) is 0 Å². The van der Waals surface area contributed by atoms with Gasteiger partial charge >= 0.3 is 0 Å². The fourth-order valence-electron chi connectivity index (χ4n) is 3.04. The van der Waals surface area contributed by atoms with E-state index in [2.05, 4.69) is 10.6 Å². The molecule has 0 heterocycles. The van der Waals surface area contributed by atoms with Crippen molar-refractivity contribution in [3.63, 3.8) is 0 Å². The minimum atomic E-state index is -0.250. The average molecular weight is 403 g/mol. The predicted molar refractivity (Wildman–Crippen MR) is 119 cm³/mol. The van der Waals surface area contributed by atoms with Crippen LogP contribution in [0.2, 0.25) is 0 Å². The first-order valence-corrected chi connectivity index (χ1v) is 9.62. The summed E-state index contributed by atoms with van der Waals surface area (Å²) in [6.45, 7) is 0.960. The predicted octanol–water partition coefficient (Wildman–Crippen LogP) is 4.02. The van der Waals surface area contributed by atoms with Gasteiger partial charge in [-0.25, -0.2) is 0 Å². The number of para-hydroxylation sites is 2. The quantitative estimate of drug-likeness (QED) is 0.596. The van der Waals surface area contributed by atoms with Crippen molar-refractivity contribution in [1.29, 1.82) is 0 Å². The molecule has 0 atom stereocenters. The Hall–Kier alpha value is -3.64. The van der Waals surface area contributed by atoms with Gasteiger partial charge in [-0.15, -0.1) is 0 Å². The van der Waals surface area contributed by atoms with Crippen LogP contribution < -0.4 is 15.4 Å². The molecule has 0 fully saturated rings. The zero-order valence-electron chi connectivity index (χ0n) is 17.1. The van der Waals surface area contributed by atoms with Gasteiger partial charge < -0.3 is 15.4 Å². The number of carbonyl (C=O) groups excluding carboxylic acids is 2. The Labute approximate surface area is 176 Å². The van der Waals surface area contributed by atoms with E-state index in [4.69, 9.17) is 4.74 Å². The second-order valence-corrected chi connectivity index (χ2v) is 6.94. The van der Waals surface area contributed by atoms with Crippen molar-refractivity contribution >= 4 is 23.2 Å². The summed E-state index contributed by atoms with van der Waals surface area (Å²) in [7, 11) is 3.46. The Bertz CT molecular complexity index is 988. The second kappa shape index (κ2) is 10.2. The number of likely N-dealkylation sites (N-methyl/N-ethyl adjacent to an activating group) is 1. The third-order valence-corrected chi connectivity index (χ3v) is 4.49. The molecule has 0 bridgehead atoms. The monoisotopic (exact) mass is 403 g/mol. The zero-order valence-corrected chi connectivity index (χ0v) is 17.1. The number of carbonyl (C=O) groups is 2. The second-order valence-electron chi connectivity index (χ2n) is 6.94. The Morgan fingerprint density at radius 2 is 1.53 bits per heavy atom. The first-order valence-electron chi connectivity index (χ1n) is 9.62. The normalized spacial score (nSPS) is 10.5. The number of hydrogen-bond acceptors (Lipinski definition) is 4. The van der Waals surface area contributed by atoms with Gasteiger partial charge in [-0.2, -0.15) is 0 Å². The molecule has 0 aliphatic heterocycles. The molecule has 0 aliphatic rings. The maximum Gasteiger partial charge on any atom is 0.255 e. The first kappa shape index (κ1) is 21.1. The van der Waals surface area contributed by atoms with Crippen molar-refractivity contribution in [2.45, 2.75) is 6.54 Å². The van der Waals surface area contributed by atoms with Crippen LogP contribution in [0.4, 0.5) is 11.4 Å². The van der Waals surface area contributed by atoms with Crippen molar-refractivity contribution in [1.82, 2.24) is 4.90 Å². The Kier molecular flexibility index (Phi) is 7.19. The number of benzene rings is 3. The van der Waals surface area contributed by atoms with Crippen LogP contribution in [-0.4, -0.2) is 37.4 Å². The maximum absolute atomic E-state index is 12.5. The molecule has 3 aromatic carbocycles. The minimum absolute atomic E-state index is 0.111. The molecule has 2 N–H and O–H groups in total. The molecule has 30 heavy (non-hydrogen) atoms. The summed E-state index contributed by atoms with van der Waals surface area (Å²) in [4.78, 5) is 26.7. The van der Waals surface area contributed by atoms with Crippen molar-refractivity contribution in [3.8, 4) is 5.75 Å². The molecule has 3 rings (SSSR count). The molecular formula is C24H25N3O3. The third-order valence-electron chi connectivity index (χ3n) is 4.49. The van der Waals surface area contributed by atoms with Gasteiger partial charge in [0.05, 0.1) is 19.3 Å². The summed E-state index contributed by atoms with van der Waals surface area (Å²) in [5, 5.41) is 5.69. The highest BCUT2D eigenvalue weighted by molar-refractivity contribution is 6.05. The van der Waals surface area contributed by atoms with E-state index in [1.165, 1.54) is 0 Å². The highest BCUT2D eigenvalue weighted by Crippen LogP contribution is 2.23. The average Bonchev–Trinajstić information content (AvgIpc) is 2.75. The van der Waals surface area contributed by atoms with Gasteiger partial charge in [-0.05, 0) is 49.0 Å². The zero-order chi connectivity index (χ0) is 21.3. The summed E-state index contributed by atoms with van der Waals surface area (Å²) in [5.74, 6) is 0.231. The van der Waals surface area contributed by atoms with E-state index in [-0.39, 0.29) is 18.4 Å².